The van der Waals surface area contributed by atoms with Gasteiger partial charge in [-0.15, -0.1) is 0 Å². The van der Waals surface area contributed by atoms with Crippen LogP contribution in [0.3, 0.4) is 0 Å². The zero-order valence-electron chi connectivity index (χ0n) is 16.2. The minimum Gasteiger partial charge on any atom is -0.497 e. The van der Waals surface area contributed by atoms with Crippen LogP contribution in [-0.4, -0.2) is 60.9 Å². The normalized spacial score (nSPS) is 31.0. The van der Waals surface area contributed by atoms with Gasteiger partial charge in [0.25, 0.3) is 0 Å². The first-order valence-corrected chi connectivity index (χ1v) is 10.0. The molecule has 4 unspecified atom stereocenters. The van der Waals surface area contributed by atoms with Crippen LogP contribution < -0.4 is 10.1 Å². The maximum Gasteiger partial charge on any atom is 0.228 e. The zero-order chi connectivity index (χ0) is 19.0. The molecule has 2 bridgehead atoms. The largest absolute Gasteiger partial charge is 0.497 e. The molecule has 0 saturated carbocycles. The minimum absolute atomic E-state index is 0.111. The number of nitrogens with one attached hydrogen (secondary N) is 1. The predicted octanol–water partition coefficient (Wildman–Crippen LogP) is 1.96. The topological polar surface area (TPSA) is 61.9 Å². The van der Waals surface area contributed by atoms with Gasteiger partial charge in [0.05, 0.1) is 19.1 Å². The molecule has 1 aromatic rings. The Labute approximate surface area is 160 Å². The van der Waals surface area contributed by atoms with Crippen molar-refractivity contribution in [1.29, 1.82) is 0 Å². The van der Waals surface area contributed by atoms with E-state index in [1.807, 2.05) is 31.3 Å². The Morgan fingerprint density at radius 1 is 1.11 bits per heavy atom. The van der Waals surface area contributed by atoms with E-state index in [2.05, 4.69) is 10.2 Å². The van der Waals surface area contributed by atoms with E-state index in [-0.39, 0.29) is 23.8 Å². The van der Waals surface area contributed by atoms with Crippen molar-refractivity contribution in [2.24, 2.45) is 5.92 Å². The number of hydrogen-bond donors (Lipinski definition) is 1. The van der Waals surface area contributed by atoms with Crippen LogP contribution in [0.15, 0.2) is 24.3 Å². The number of fused-ring (bicyclic) bond motifs is 2. The van der Waals surface area contributed by atoms with Crippen molar-refractivity contribution >= 4 is 11.8 Å². The Morgan fingerprint density at radius 2 is 1.85 bits per heavy atom. The van der Waals surface area contributed by atoms with E-state index in [9.17, 15) is 9.59 Å². The molecule has 6 heteroatoms. The molecule has 2 amide bonds. The lowest BCUT2D eigenvalue weighted by Crippen LogP contribution is -2.51. The molecule has 0 radical (unpaired) electrons. The first-order chi connectivity index (χ1) is 13.1. The van der Waals surface area contributed by atoms with Gasteiger partial charge in [-0.2, -0.15) is 0 Å². The summed E-state index contributed by atoms with van der Waals surface area (Å²) in [6.07, 6.45) is 4.28. The van der Waals surface area contributed by atoms with Gasteiger partial charge in [0.15, 0.2) is 0 Å². The maximum absolute atomic E-state index is 13.7. The summed E-state index contributed by atoms with van der Waals surface area (Å²) in [4.78, 5) is 30.0. The van der Waals surface area contributed by atoms with Crippen molar-refractivity contribution in [2.45, 2.75) is 50.2 Å². The molecule has 27 heavy (non-hydrogen) atoms. The Hall–Kier alpha value is -2.08. The number of piperidine rings is 1. The SMILES string of the molecule is COc1ccc(C2C(C(=O)N3C4CCNCC3CC4)CCC(=O)N2C)cc1. The van der Waals surface area contributed by atoms with Gasteiger partial charge in [0.1, 0.15) is 5.75 Å². The Bertz CT molecular complexity index is 691. The third-order valence-corrected chi connectivity index (χ3v) is 6.54. The van der Waals surface area contributed by atoms with Gasteiger partial charge in [-0.1, -0.05) is 12.1 Å². The first-order valence-electron chi connectivity index (χ1n) is 10.0. The van der Waals surface area contributed by atoms with Crippen LogP contribution >= 0.6 is 0 Å². The number of nitrogens with zero attached hydrogens (tertiary/aromatic N) is 2. The number of likely N-dealkylation sites (tertiary alicyclic amines) is 1. The molecule has 3 heterocycles. The fraction of sp³-hybridized carbons (Fsp3) is 0.619. The van der Waals surface area contributed by atoms with E-state index in [1.54, 1.807) is 12.0 Å². The molecule has 3 aliphatic rings. The Morgan fingerprint density at radius 3 is 2.59 bits per heavy atom. The van der Waals surface area contributed by atoms with Crippen molar-refractivity contribution < 1.29 is 14.3 Å². The second-order valence-electron chi connectivity index (χ2n) is 7.99. The molecular formula is C21H29N3O3. The molecule has 1 aromatic carbocycles. The molecule has 146 valence electrons. The average Bonchev–Trinajstić information content (AvgIpc) is 2.96. The molecule has 3 aliphatic heterocycles. The van der Waals surface area contributed by atoms with Gasteiger partial charge in [-0.25, -0.2) is 0 Å². The summed E-state index contributed by atoms with van der Waals surface area (Å²) >= 11 is 0. The fourth-order valence-electron chi connectivity index (χ4n) is 5.09. The van der Waals surface area contributed by atoms with Crippen LogP contribution in [0.1, 0.15) is 43.7 Å². The van der Waals surface area contributed by atoms with Crippen LogP contribution in [-0.2, 0) is 9.59 Å². The van der Waals surface area contributed by atoms with Crippen molar-refractivity contribution in [1.82, 2.24) is 15.1 Å². The number of hydrogen-bond acceptors (Lipinski definition) is 4. The molecule has 4 atom stereocenters. The molecule has 0 aromatic heterocycles. The van der Waals surface area contributed by atoms with Crippen LogP contribution in [0.25, 0.3) is 0 Å². The summed E-state index contributed by atoms with van der Waals surface area (Å²) in [5.74, 6) is 0.942. The van der Waals surface area contributed by atoms with E-state index >= 15 is 0 Å². The highest BCUT2D eigenvalue weighted by Crippen LogP contribution is 2.40. The summed E-state index contributed by atoms with van der Waals surface area (Å²) in [6.45, 7) is 1.87. The van der Waals surface area contributed by atoms with E-state index < -0.39 is 0 Å². The number of amides is 2. The second kappa shape index (κ2) is 7.50. The van der Waals surface area contributed by atoms with Gasteiger partial charge in [0, 0.05) is 32.1 Å². The van der Waals surface area contributed by atoms with Gasteiger partial charge < -0.3 is 19.9 Å². The molecule has 3 saturated heterocycles. The predicted molar refractivity (Wildman–Crippen MR) is 102 cm³/mol. The van der Waals surface area contributed by atoms with Crippen molar-refractivity contribution in [3.8, 4) is 5.75 Å². The smallest absolute Gasteiger partial charge is 0.228 e. The summed E-state index contributed by atoms with van der Waals surface area (Å²) in [5, 5.41) is 3.47. The molecule has 1 N–H and O–H groups in total. The van der Waals surface area contributed by atoms with Crippen LogP contribution in [0.4, 0.5) is 0 Å². The number of benzene rings is 1. The highest BCUT2D eigenvalue weighted by molar-refractivity contribution is 5.85. The monoisotopic (exact) mass is 371 g/mol. The van der Waals surface area contributed by atoms with Crippen molar-refractivity contribution in [3.05, 3.63) is 29.8 Å². The third-order valence-electron chi connectivity index (χ3n) is 6.54. The average molecular weight is 371 g/mol. The third kappa shape index (κ3) is 3.31. The fourth-order valence-corrected chi connectivity index (χ4v) is 5.09. The number of rotatable bonds is 3. The van der Waals surface area contributed by atoms with Gasteiger partial charge in [-0.3, -0.25) is 9.59 Å². The lowest BCUT2D eigenvalue weighted by atomic mass is 9.83. The lowest BCUT2D eigenvalue weighted by Gasteiger charge is -2.41. The van der Waals surface area contributed by atoms with E-state index in [1.165, 1.54) is 0 Å². The Balaban J connectivity index is 1.64. The summed E-state index contributed by atoms with van der Waals surface area (Å²) in [5.41, 5.74) is 1.00. The van der Waals surface area contributed by atoms with Gasteiger partial charge in [0.2, 0.25) is 11.8 Å². The van der Waals surface area contributed by atoms with E-state index in [0.29, 0.717) is 24.9 Å². The van der Waals surface area contributed by atoms with Gasteiger partial charge in [-0.05, 0) is 49.9 Å². The van der Waals surface area contributed by atoms with E-state index in [4.69, 9.17) is 4.74 Å². The number of carbonyl (C=O) groups is 2. The molecule has 4 rings (SSSR count). The van der Waals surface area contributed by atoms with Gasteiger partial charge >= 0.3 is 0 Å². The molecular weight excluding hydrogens is 342 g/mol. The second-order valence-corrected chi connectivity index (χ2v) is 7.99. The van der Waals surface area contributed by atoms with Crippen LogP contribution in [0.2, 0.25) is 0 Å². The molecule has 6 nitrogen and oxygen atoms in total. The van der Waals surface area contributed by atoms with Crippen LogP contribution in [0, 0.1) is 5.92 Å². The van der Waals surface area contributed by atoms with Crippen molar-refractivity contribution in [3.63, 3.8) is 0 Å². The number of ether oxygens (including phenoxy) is 1. The standard InChI is InChI=1S/C21H29N3O3/c1-23-19(25)10-9-18(20(23)14-3-7-17(27-2)8-4-14)21(26)24-15-5-6-16(24)13-22-12-11-15/h3-4,7-8,15-16,18,20,22H,5-6,9-13H2,1-2H3. The molecule has 0 aliphatic carbocycles. The summed E-state index contributed by atoms with van der Waals surface area (Å²) in [6, 6.07) is 8.21. The molecule has 0 spiro atoms. The summed E-state index contributed by atoms with van der Waals surface area (Å²) in [7, 11) is 3.47. The zero-order valence-corrected chi connectivity index (χ0v) is 16.2. The number of carbonyl (C=O) groups excluding carboxylic acids is 2. The summed E-state index contributed by atoms with van der Waals surface area (Å²) < 4.78 is 5.26. The minimum atomic E-state index is -0.208. The highest BCUT2D eigenvalue weighted by Gasteiger charge is 2.45. The quantitative estimate of drug-likeness (QED) is 0.882. The van der Waals surface area contributed by atoms with Crippen molar-refractivity contribution in [2.75, 3.05) is 27.2 Å². The van der Waals surface area contributed by atoms with E-state index in [0.717, 1.165) is 43.7 Å². The first kappa shape index (κ1) is 18.3. The highest BCUT2D eigenvalue weighted by atomic mass is 16.5. The molecule has 3 fully saturated rings. The Kier molecular flexibility index (Phi) is 5.08. The number of methoxy groups -OCH3 is 1. The maximum atomic E-state index is 13.7. The lowest BCUT2D eigenvalue weighted by molar-refractivity contribution is -0.148. The van der Waals surface area contributed by atoms with Crippen LogP contribution in [0.5, 0.6) is 5.75 Å².